The fraction of sp³-hybridized carbons (Fsp3) is 0.583. The van der Waals surface area contributed by atoms with Gasteiger partial charge < -0.3 is 14.9 Å². The Morgan fingerprint density at radius 3 is 2.60 bits per heavy atom. The zero-order valence-corrected chi connectivity index (χ0v) is 12.9. The van der Waals surface area contributed by atoms with Crippen LogP contribution in [0.15, 0.2) is 15.4 Å². The van der Waals surface area contributed by atoms with E-state index in [1.54, 1.807) is 13.8 Å². The first-order valence-electron chi connectivity index (χ1n) is 6.18. The number of sulfonamides is 1. The van der Waals surface area contributed by atoms with Crippen LogP contribution in [0, 0.1) is 0 Å². The van der Waals surface area contributed by atoms with E-state index >= 15 is 0 Å². The Bertz CT molecular complexity index is 579. The van der Waals surface area contributed by atoms with Gasteiger partial charge in [-0.3, -0.25) is 0 Å². The molecule has 0 spiro atoms. The average Bonchev–Trinajstić information content (AvgIpc) is 2.89. The second-order valence-corrected chi connectivity index (χ2v) is 6.32. The van der Waals surface area contributed by atoms with E-state index in [1.807, 2.05) is 0 Å². The van der Waals surface area contributed by atoms with Gasteiger partial charge in [-0.05, 0) is 6.92 Å². The minimum absolute atomic E-state index is 0.0248. The molecule has 1 atom stereocenters. The highest BCUT2D eigenvalue weighted by Crippen LogP contribution is 2.25. The van der Waals surface area contributed by atoms with Crippen molar-refractivity contribution in [2.45, 2.75) is 31.2 Å². The smallest absolute Gasteiger partial charge is 0.373 e. The molecular weight excluding hydrogens is 284 g/mol. The summed E-state index contributed by atoms with van der Waals surface area (Å²) in [4.78, 5) is 11.4. The molecule has 0 aliphatic carbocycles. The molecule has 0 aromatic carbocycles. The summed E-state index contributed by atoms with van der Waals surface area (Å²) in [7, 11) is -1.12. The van der Waals surface area contributed by atoms with E-state index in [2.05, 4.69) is 4.74 Å². The second-order valence-electron chi connectivity index (χ2n) is 4.35. The van der Waals surface area contributed by atoms with Gasteiger partial charge >= 0.3 is 5.97 Å². The lowest BCUT2D eigenvalue weighted by Crippen LogP contribution is -2.39. The van der Waals surface area contributed by atoms with Crippen molar-refractivity contribution in [2.75, 3.05) is 20.7 Å². The van der Waals surface area contributed by atoms with Crippen molar-refractivity contribution >= 4 is 16.0 Å². The molecule has 1 aromatic rings. The van der Waals surface area contributed by atoms with Gasteiger partial charge in [-0.15, -0.1) is 0 Å². The number of nitrogens with two attached hydrogens (primary N) is 1. The van der Waals surface area contributed by atoms with Gasteiger partial charge in [0.1, 0.15) is 10.7 Å². The molecule has 8 heteroatoms. The van der Waals surface area contributed by atoms with Crippen molar-refractivity contribution in [1.29, 1.82) is 0 Å². The van der Waals surface area contributed by atoms with Crippen molar-refractivity contribution in [3.05, 3.63) is 17.6 Å². The third-order valence-corrected chi connectivity index (χ3v) is 5.12. The Labute approximate surface area is 118 Å². The highest BCUT2D eigenvalue weighted by atomic mass is 32.2. The van der Waals surface area contributed by atoms with E-state index in [0.29, 0.717) is 6.42 Å². The molecule has 0 bridgehead atoms. The number of rotatable bonds is 6. The number of furan rings is 1. The maximum Gasteiger partial charge on any atom is 0.373 e. The molecule has 1 rings (SSSR count). The summed E-state index contributed by atoms with van der Waals surface area (Å²) < 4.78 is 35.9. The van der Waals surface area contributed by atoms with Gasteiger partial charge in [0.15, 0.2) is 0 Å². The van der Waals surface area contributed by atoms with Crippen LogP contribution in [0.1, 0.15) is 30.2 Å². The first kappa shape index (κ1) is 16.7. The summed E-state index contributed by atoms with van der Waals surface area (Å²) in [6.07, 6.45) is 0.344. The summed E-state index contributed by atoms with van der Waals surface area (Å²) >= 11 is 0. The van der Waals surface area contributed by atoms with Crippen LogP contribution in [-0.4, -0.2) is 45.4 Å². The average molecular weight is 304 g/mol. The van der Waals surface area contributed by atoms with Crippen LogP contribution in [0.5, 0.6) is 0 Å². The Morgan fingerprint density at radius 1 is 1.55 bits per heavy atom. The van der Waals surface area contributed by atoms with Crippen molar-refractivity contribution in [1.82, 2.24) is 4.31 Å². The number of carbonyl (C=O) groups excluding carboxylic acids is 1. The zero-order valence-electron chi connectivity index (χ0n) is 12.0. The lowest BCUT2D eigenvalue weighted by atomic mass is 10.3. The lowest BCUT2D eigenvalue weighted by molar-refractivity contribution is 0.0563. The van der Waals surface area contributed by atoms with Crippen LogP contribution < -0.4 is 5.73 Å². The van der Waals surface area contributed by atoms with Crippen LogP contribution in [-0.2, 0) is 21.2 Å². The van der Waals surface area contributed by atoms with E-state index < -0.39 is 16.0 Å². The molecule has 114 valence electrons. The predicted molar refractivity (Wildman–Crippen MR) is 72.9 cm³/mol. The van der Waals surface area contributed by atoms with Crippen molar-refractivity contribution in [2.24, 2.45) is 5.73 Å². The van der Waals surface area contributed by atoms with Gasteiger partial charge in [0.25, 0.3) is 0 Å². The number of esters is 1. The second kappa shape index (κ2) is 6.38. The minimum Gasteiger partial charge on any atom is -0.463 e. The predicted octanol–water partition coefficient (Wildman–Crippen LogP) is 0.596. The Hall–Kier alpha value is -1.38. The van der Waals surface area contributed by atoms with Crippen molar-refractivity contribution < 1.29 is 22.4 Å². The quantitative estimate of drug-likeness (QED) is 0.772. The minimum atomic E-state index is -3.76. The number of aryl methyl sites for hydroxylation is 1. The Balaban J connectivity index is 3.31. The molecule has 20 heavy (non-hydrogen) atoms. The summed E-state index contributed by atoms with van der Waals surface area (Å²) in [6, 6.07) is 0.834. The fourth-order valence-electron chi connectivity index (χ4n) is 1.62. The zero-order chi connectivity index (χ0) is 15.5. The first-order chi connectivity index (χ1) is 9.29. The fourth-order valence-corrected chi connectivity index (χ4v) is 3.22. The number of hydrogen-bond acceptors (Lipinski definition) is 6. The Kier molecular flexibility index (Phi) is 5.32. The maximum atomic E-state index is 12.5. The standard InChI is InChI=1S/C12H20N2O5S/c1-5-9-11(6-10(19-9)12(15)18-4)20(16,17)14(3)8(2)7-13/h6,8H,5,7,13H2,1-4H3. The van der Waals surface area contributed by atoms with E-state index in [-0.39, 0.29) is 29.0 Å². The third kappa shape index (κ3) is 3.02. The number of ether oxygens (including phenoxy) is 1. The molecular formula is C12H20N2O5S. The van der Waals surface area contributed by atoms with E-state index in [4.69, 9.17) is 10.2 Å². The number of nitrogens with zero attached hydrogens (tertiary/aromatic N) is 1. The summed E-state index contributed by atoms with van der Waals surface area (Å²) in [5.74, 6) is -0.617. The van der Waals surface area contributed by atoms with E-state index in [1.165, 1.54) is 20.2 Å². The number of likely N-dealkylation sites (N-methyl/N-ethyl adjacent to an activating group) is 1. The highest BCUT2D eigenvalue weighted by Gasteiger charge is 2.31. The van der Waals surface area contributed by atoms with Crippen molar-refractivity contribution in [3.8, 4) is 0 Å². The lowest BCUT2D eigenvalue weighted by Gasteiger charge is -2.22. The molecule has 0 saturated carbocycles. The summed E-state index contributed by atoms with van der Waals surface area (Å²) in [5, 5.41) is 0. The molecule has 0 saturated heterocycles. The molecule has 1 unspecified atom stereocenters. The van der Waals surface area contributed by atoms with Gasteiger partial charge in [0.05, 0.1) is 7.11 Å². The number of methoxy groups -OCH3 is 1. The van der Waals surface area contributed by atoms with Crippen LogP contribution in [0.4, 0.5) is 0 Å². The molecule has 0 radical (unpaired) electrons. The molecule has 0 aliphatic heterocycles. The SMILES string of the molecule is CCc1oc(C(=O)OC)cc1S(=O)(=O)N(C)C(C)CN. The molecule has 1 aromatic heterocycles. The van der Waals surface area contributed by atoms with Gasteiger partial charge in [-0.25, -0.2) is 13.2 Å². The van der Waals surface area contributed by atoms with Gasteiger partial charge in [0, 0.05) is 32.1 Å². The summed E-state index contributed by atoms with van der Waals surface area (Å²) in [6.45, 7) is 3.63. The molecule has 0 amide bonds. The van der Waals surface area contributed by atoms with Gasteiger partial charge in [0.2, 0.25) is 15.8 Å². The molecule has 0 aliphatic rings. The molecule has 1 heterocycles. The maximum absolute atomic E-state index is 12.5. The van der Waals surface area contributed by atoms with Crippen molar-refractivity contribution in [3.63, 3.8) is 0 Å². The molecule has 7 nitrogen and oxygen atoms in total. The normalized spacial score (nSPS) is 13.5. The van der Waals surface area contributed by atoms with Crippen LogP contribution in [0.25, 0.3) is 0 Å². The van der Waals surface area contributed by atoms with Crippen LogP contribution >= 0.6 is 0 Å². The van der Waals surface area contributed by atoms with E-state index in [0.717, 1.165) is 4.31 Å². The van der Waals surface area contributed by atoms with Crippen LogP contribution in [0.2, 0.25) is 0 Å². The molecule has 2 N–H and O–H groups in total. The third-order valence-electron chi connectivity index (χ3n) is 3.10. The van der Waals surface area contributed by atoms with Gasteiger partial charge in [-0.2, -0.15) is 4.31 Å². The highest BCUT2D eigenvalue weighted by molar-refractivity contribution is 7.89. The topological polar surface area (TPSA) is 103 Å². The summed E-state index contributed by atoms with van der Waals surface area (Å²) in [5.41, 5.74) is 5.49. The van der Waals surface area contributed by atoms with Gasteiger partial charge in [-0.1, -0.05) is 6.92 Å². The number of carbonyl (C=O) groups is 1. The Morgan fingerprint density at radius 2 is 2.15 bits per heavy atom. The van der Waals surface area contributed by atoms with E-state index in [9.17, 15) is 13.2 Å². The molecule has 0 fully saturated rings. The largest absolute Gasteiger partial charge is 0.463 e. The van der Waals surface area contributed by atoms with Crippen LogP contribution in [0.3, 0.4) is 0 Å². The number of hydrogen-bond donors (Lipinski definition) is 1. The first-order valence-corrected chi connectivity index (χ1v) is 7.62. The monoisotopic (exact) mass is 304 g/mol.